The van der Waals surface area contributed by atoms with Crippen molar-refractivity contribution < 1.29 is 14.4 Å². The Labute approximate surface area is 232 Å². The van der Waals surface area contributed by atoms with Crippen molar-refractivity contribution in [2.45, 2.75) is 53.1 Å². The molecule has 0 aliphatic heterocycles. The lowest BCUT2D eigenvalue weighted by Crippen LogP contribution is -2.28. The summed E-state index contributed by atoms with van der Waals surface area (Å²) in [6.07, 6.45) is 2.95. The summed E-state index contributed by atoms with van der Waals surface area (Å²) >= 11 is 0. The van der Waals surface area contributed by atoms with Crippen LogP contribution in [0.25, 0.3) is 28.2 Å². The summed E-state index contributed by atoms with van der Waals surface area (Å²) in [4.78, 5) is 26.9. The predicted molar refractivity (Wildman–Crippen MR) is 150 cm³/mol. The van der Waals surface area contributed by atoms with Crippen LogP contribution < -0.4 is 15.4 Å². The quantitative estimate of drug-likeness (QED) is 0.257. The third-order valence-corrected chi connectivity index (χ3v) is 6.47. The van der Waals surface area contributed by atoms with Crippen molar-refractivity contribution in [1.82, 2.24) is 24.7 Å². The first-order chi connectivity index (χ1) is 19.3. The van der Waals surface area contributed by atoms with Gasteiger partial charge in [0.25, 0.3) is 5.56 Å². The topological polar surface area (TPSA) is 119 Å². The number of aromatic nitrogens is 5. The van der Waals surface area contributed by atoms with E-state index in [1.54, 1.807) is 16.8 Å². The first kappa shape index (κ1) is 26.8. The number of ether oxygens (including phenoxy) is 1. The number of aryl methyl sites for hydroxylation is 2. The molecule has 0 unspecified atom stereocenters. The van der Waals surface area contributed by atoms with Gasteiger partial charge in [0.05, 0.1) is 23.7 Å². The van der Waals surface area contributed by atoms with Crippen molar-refractivity contribution in [2.24, 2.45) is 0 Å². The molecule has 0 radical (unpaired) electrons. The molecule has 5 aromatic rings. The van der Waals surface area contributed by atoms with Gasteiger partial charge in [-0.3, -0.25) is 9.36 Å². The van der Waals surface area contributed by atoms with Crippen LogP contribution in [0.5, 0.6) is 12.0 Å². The van der Waals surface area contributed by atoms with Gasteiger partial charge in [-0.15, -0.1) is 0 Å². The zero-order chi connectivity index (χ0) is 28.2. The molecule has 0 amide bonds. The van der Waals surface area contributed by atoms with E-state index >= 15 is 0 Å². The molecule has 9 nitrogen and oxygen atoms in total. The van der Waals surface area contributed by atoms with Gasteiger partial charge in [-0.05, 0) is 49.9 Å². The van der Waals surface area contributed by atoms with Crippen LogP contribution in [0.15, 0.2) is 76.2 Å². The Balaban J connectivity index is 1.48. The zero-order valence-electron chi connectivity index (χ0n) is 22.9. The van der Waals surface area contributed by atoms with Gasteiger partial charge >= 0.3 is 0 Å². The Morgan fingerprint density at radius 1 is 1.00 bits per heavy atom. The van der Waals surface area contributed by atoms with Gasteiger partial charge in [0.2, 0.25) is 5.88 Å². The third kappa shape index (κ3) is 5.63. The predicted octanol–water partition coefficient (Wildman–Crippen LogP) is 5.06. The van der Waals surface area contributed by atoms with Gasteiger partial charge in [-0.1, -0.05) is 61.9 Å². The van der Waals surface area contributed by atoms with Crippen LogP contribution in [0.2, 0.25) is 0 Å². The highest BCUT2D eigenvalue weighted by molar-refractivity contribution is 5.80. The fraction of sp³-hybridized carbons (Fsp3) is 0.258. The lowest BCUT2D eigenvalue weighted by Gasteiger charge is -2.16. The highest BCUT2D eigenvalue weighted by Crippen LogP contribution is 2.31. The molecule has 40 heavy (non-hydrogen) atoms. The number of hydrogen-bond acceptors (Lipinski definition) is 8. The van der Waals surface area contributed by atoms with Crippen LogP contribution in [0.3, 0.4) is 0 Å². The Morgan fingerprint density at radius 3 is 2.38 bits per heavy atom. The molecule has 0 saturated carbocycles. The molecule has 0 N–H and O–H groups in total. The molecule has 5 rings (SSSR count). The zero-order valence-corrected chi connectivity index (χ0v) is 22.9. The summed E-state index contributed by atoms with van der Waals surface area (Å²) in [7, 11) is 0. The lowest BCUT2D eigenvalue weighted by atomic mass is 9.96. The second kappa shape index (κ2) is 11.5. The molecule has 0 spiro atoms. The van der Waals surface area contributed by atoms with Crippen LogP contribution in [-0.2, 0) is 12.8 Å². The second-order valence-electron chi connectivity index (χ2n) is 9.80. The fourth-order valence-electron chi connectivity index (χ4n) is 4.71. The van der Waals surface area contributed by atoms with Gasteiger partial charge in [-0.2, -0.15) is 5.16 Å². The van der Waals surface area contributed by atoms with E-state index in [2.05, 4.69) is 26.6 Å². The monoisotopic (exact) mass is 536 g/mol. The van der Waals surface area contributed by atoms with Crippen molar-refractivity contribution in [1.29, 1.82) is 0 Å². The Bertz CT molecular complexity index is 1670. The molecular weight excluding hydrogens is 506 g/mol. The van der Waals surface area contributed by atoms with E-state index in [1.165, 1.54) is 0 Å². The van der Waals surface area contributed by atoms with Gasteiger partial charge < -0.3 is 14.4 Å². The molecule has 3 aromatic heterocycles. The van der Waals surface area contributed by atoms with E-state index in [0.717, 1.165) is 28.8 Å². The van der Waals surface area contributed by atoms with Gasteiger partial charge in [0, 0.05) is 23.6 Å². The Hall–Kier alpha value is -4.79. The molecule has 0 bridgehead atoms. The average Bonchev–Trinajstić information content (AvgIpc) is 3.38. The summed E-state index contributed by atoms with van der Waals surface area (Å²) in [6, 6.07) is 19.1. The standard InChI is InChI=1S/C31H31N5O4/c1-5-8-27-26(30(37)36(20(4)33-27)23-15-16-28(32-18-23)39-19(2)3)17-21-11-13-22(14-12-21)24-9-6-7-10-25(24)29-34-31(38)40-35-29/h6-7,9-16,18-19H,5,8,17H2,1-4H3,(H,34,35,38)/p-1. The molecule has 0 aliphatic rings. The first-order valence-electron chi connectivity index (χ1n) is 13.3. The van der Waals surface area contributed by atoms with E-state index in [4.69, 9.17) is 9.72 Å². The SMILES string of the molecule is CCCc1nc(C)n(-c2ccc(OC(C)C)nc2)c(=O)c1Cc1ccc(-c2ccccc2-c2noc([O-])n2)cc1. The van der Waals surface area contributed by atoms with Gasteiger partial charge in [0.1, 0.15) is 5.82 Å². The molecule has 2 aromatic carbocycles. The maximum atomic E-state index is 13.9. The smallest absolute Gasteiger partial charge is 0.261 e. The van der Waals surface area contributed by atoms with E-state index in [0.29, 0.717) is 41.4 Å². The molecule has 3 heterocycles. The average molecular weight is 537 g/mol. The summed E-state index contributed by atoms with van der Waals surface area (Å²) in [5.41, 5.74) is 5.51. The van der Waals surface area contributed by atoms with Crippen molar-refractivity contribution in [2.75, 3.05) is 0 Å². The number of nitrogens with zero attached hydrogens (tertiary/aromatic N) is 5. The van der Waals surface area contributed by atoms with E-state index in [9.17, 15) is 9.90 Å². The van der Waals surface area contributed by atoms with E-state index < -0.39 is 6.08 Å². The number of hydrogen-bond donors (Lipinski definition) is 0. The maximum absolute atomic E-state index is 13.9. The normalized spacial score (nSPS) is 11.2. The van der Waals surface area contributed by atoms with Crippen molar-refractivity contribution >= 4 is 0 Å². The van der Waals surface area contributed by atoms with Crippen LogP contribution in [0.4, 0.5) is 0 Å². The molecule has 0 atom stereocenters. The minimum Gasteiger partial charge on any atom is -0.528 e. The molecule has 204 valence electrons. The molecule has 0 saturated heterocycles. The van der Waals surface area contributed by atoms with Gasteiger partial charge in [0.15, 0.2) is 11.9 Å². The van der Waals surface area contributed by atoms with Gasteiger partial charge in [-0.25, -0.2) is 15.0 Å². The van der Waals surface area contributed by atoms with Crippen LogP contribution in [0.1, 0.15) is 49.8 Å². The fourth-order valence-corrected chi connectivity index (χ4v) is 4.71. The first-order valence-corrected chi connectivity index (χ1v) is 13.3. The Kier molecular flexibility index (Phi) is 7.72. The molecular formula is C31H30N5O4-. The molecule has 0 aliphatic carbocycles. The van der Waals surface area contributed by atoms with Crippen molar-refractivity contribution in [3.05, 3.63) is 99.9 Å². The highest BCUT2D eigenvalue weighted by Gasteiger charge is 2.17. The van der Waals surface area contributed by atoms with Crippen molar-refractivity contribution in [3.63, 3.8) is 0 Å². The number of pyridine rings is 1. The highest BCUT2D eigenvalue weighted by atomic mass is 16.6. The summed E-state index contributed by atoms with van der Waals surface area (Å²) in [5.74, 6) is 1.37. The summed E-state index contributed by atoms with van der Waals surface area (Å²) in [6.45, 7) is 7.80. The number of rotatable bonds is 9. The van der Waals surface area contributed by atoms with Crippen LogP contribution >= 0.6 is 0 Å². The Morgan fingerprint density at radius 2 is 1.75 bits per heavy atom. The third-order valence-electron chi connectivity index (χ3n) is 6.47. The minimum absolute atomic E-state index is 0.00829. The second-order valence-corrected chi connectivity index (χ2v) is 9.80. The molecule has 0 fully saturated rings. The molecule has 9 heteroatoms. The van der Waals surface area contributed by atoms with Crippen LogP contribution in [-0.4, -0.2) is 30.8 Å². The van der Waals surface area contributed by atoms with Crippen molar-refractivity contribution in [3.8, 4) is 40.2 Å². The summed E-state index contributed by atoms with van der Waals surface area (Å²) in [5, 5.41) is 15.2. The lowest BCUT2D eigenvalue weighted by molar-refractivity contribution is -0.303. The number of benzene rings is 2. The van der Waals surface area contributed by atoms with Crippen LogP contribution in [0, 0.1) is 6.92 Å². The summed E-state index contributed by atoms with van der Waals surface area (Å²) < 4.78 is 11.9. The maximum Gasteiger partial charge on any atom is 0.261 e. The van der Waals surface area contributed by atoms with E-state index in [1.807, 2.05) is 75.4 Å². The van der Waals surface area contributed by atoms with E-state index in [-0.39, 0.29) is 17.5 Å². The minimum atomic E-state index is -0.726. The largest absolute Gasteiger partial charge is 0.528 e.